The summed E-state index contributed by atoms with van der Waals surface area (Å²) in [7, 11) is 5.53. The monoisotopic (exact) mass is 833 g/mol. The van der Waals surface area contributed by atoms with Crippen LogP contribution in [0.15, 0.2) is 36.5 Å². The normalized spacial score (nSPS) is 13.2. The number of allylic oxidation sites excluding steroid dienone is 6. The molecule has 0 aromatic heterocycles. The molecule has 2 unspecified atom stereocenters. The lowest BCUT2D eigenvalue weighted by molar-refractivity contribution is -0.887. The predicted molar refractivity (Wildman–Crippen MR) is 248 cm³/mol. The number of hydrogen-bond acceptors (Lipinski definition) is 6. The summed E-state index contributed by atoms with van der Waals surface area (Å²) in [6, 6.07) is -0.617. The van der Waals surface area contributed by atoms with Crippen LogP contribution in [0.3, 0.4) is 0 Å². The third kappa shape index (κ3) is 40.7. The maximum atomic E-state index is 12.8. The van der Waals surface area contributed by atoms with Crippen LogP contribution < -0.4 is 0 Å². The molecule has 0 spiro atoms. The quantitative estimate of drug-likeness (QED) is 0.0282. The highest BCUT2D eigenvalue weighted by Crippen LogP contribution is 2.16. The van der Waals surface area contributed by atoms with Crippen LogP contribution in [0.4, 0.5) is 0 Å². The first-order valence-corrected chi connectivity index (χ1v) is 24.5. The number of quaternary nitrogens is 1. The van der Waals surface area contributed by atoms with Crippen molar-refractivity contribution in [3.05, 3.63) is 36.5 Å². The Kier molecular flexibility index (Phi) is 40.5. The third-order valence-electron chi connectivity index (χ3n) is 11.1. The topological polar surface area (TPSA) is 99.1 Å². The zero-order chi connectivity index (χ0) is 43.5. The van der Waals surface area contributed by atoms with E-state index in [0.29, 0.717) is 19.3 Å². The van der Waals surface area contributed by atoms with Gasteiger partial charge in [-0.25, -0.2) is 4.79 Å². The Morgan fingerprint density at radius 1 is 0.525 bits per heavy atom. The average Bonchev–Trinajstić information content (AvgIpc) is 3.19. The van der Waals surface area contributed by atoms with Crippen LogP contribution in [0.5, 0.6) is 0 Å². The van der Waals surface area contributed by atoms with Crippen molar-refractivity contribution >= 4 is 17.9 Å². The van der Waals surface area contributed by atoms with E-state index in [1.807, 2.05) is 21.1 Å². The van der Waals surface area contributed by atoms with Crippen molar-refractivity contribution in [1.29, 1.82) is 0 Å². The summed E-state index contributed by atoms with van der Waals surface area (Å²) in [6.45, 7) is 4.63. The summed E-state index contributed by atoms with van der Waals surface area (Å²) in [5.74, 6) is -1.48. The third-order valence-corrected chi connectivity index (χ3v) is 11.1. The van der Waals surface area contributed by atoms with Crippen molar-refractivity contribution < 1.29 is 38.2 Å². The Bertz CT molecular complexity index is 1060. The molecule has 0 saturated carbocycles. The van der Waals surface area contributed by atoms with Gasteiger partial charge in [-0.2, -0.15) is 0 Å². The molecule has 59 heavy (non-hydrogen) atoms. The highest BCUT2D eigenvalue weighted by molar-refractivity contribution is 5.72. The van der Waals surface area contributed by atoms with Crippen LogP contribution in [-0.4, -0.2) is 80.6 Å². The van der Waals surface area contributed by atoms with E-state index in [2.05, 4.69) is 50.3 Å². The highest BCUT2D eigenvalue weighted by atomic mass is 16.6. The number of carbonyl (C=O) groups excluding carboxylic acids is 2. The van der Waals surface area contributed by atoms with E-state index in [9.17, 15) is 19.5 Å². The van der Waals surface area contributed by atoms with Gasteiger partial charge in [0.1, 0.15) is 6.61 Å². The van der Waals surface area contributed by atoms with Crippen molar-refractivity contribution in [2.45, 2.75) is 231 Å². The standard InChI is InChI=1S/C51H93NO7/c1-6-8-10-12-14-16-18-20-22-23-24-25-26-27-28-30-32-34-36-38-40-42-50(54)59-47(45-57-44-43-48(51(55)56)52(3,4)5)46-58-49(53)41-39-37-35-33-31-29-21-19-17-15-13-11-9-7-2/h9,11,15,17,21,29,47-48H,6-8,10,12-14,16,18-20,22-28,30-46H2,1-5H3/p+1/b11-9+,17-15+,29-21+. The van der Waals surface area contributed by atoms with Crippen molar-refractivity contribution in [1.82, 2.24) is 0 Å². The molecule has 0 bridgehead atoms. The second kappa shape index (κ2) is 42.2. The summed E-state index contributed by atoms with van der Waals surface area (Å²) >= 11 is 0. The van der Waals surface area contributed by atoms with Gasteiger partial charge in [0.15, 0.2) is 12.1 Å². The minimum atomic E-state index is -0.876. The van der Waals surface area contributed by atoms with Crippen molar-refractivity contribution in [3.63, 3.8) is 0 Å². The minimum Gasteiger partial charge on any atom is -0.477 e. The van der Waals surface area contributed by atoms with Gasteiger partial charge in [-0.3, -0.25) is 9.59 Å². The number of hydrogen-bond donors (Lipinski definition) is 1. The second-order valence-electron chi connectivity index (χ2n) is 17.7. The Balaban J connectivity index is 4.24. The summed E-state index contributed by atoms with van der Waals surface area (Å²) < 4.78 is 17.3. The molecule has 0 saturated heterocycles. The lowest BCUT2D eigenvalue weighted by Gasteiger charge is -2.31. The molecular formula is C51H94NO7+. The highest BCUT2D eigenvalue weighted by Gasteiger charge is 2.31. The molecular weight excluding hydrogens is 739 g/mol. The molecule has 344 valence electrons. The number of carboxylic acids is 1. The molecule has 0 aromatic rings. The zero-order valence-corrected chi connectivity index (χ0v) is 39.2. The number of carboxylic acid groups (broad SMARTS) is 1. The molecule has 0 aliphatic rings. The van der Waals surface area contributed by atoms with E-state index in [1.165, 1.54) is 116 Å². The molecule has 0 amide bonds. The van der Waals surface area contributed by atoms with E-state index in [0.717, 1.165) is 70.6 Å². The van der Waals surface area contributed by atoms with Gasteiger partial charge in [-0.1, -0.05) is 192 Å². The van der Waals surface area contributed by atoms with E-state index < -0.39 is 18.1 Å². The zero-order valence-electron chi connectivity index (χ0n) is 39.2. The SMILES string of the molecule is CC/C=C/C/C=C/C/C=C/CCCCCCC(=O)OCC(COCCC(C(=O)O)[N+](C)(C)C)OC(=O)CCCCCCCCCCCCCCCCCCCCCCC. The molecule has 0 aliphatic heterocycles. The smallest absolute Gasteiger partial charge is 0.362 e. The number of unbranched alkanes of at least 4 members (excludes halogenated alkanes) is 24. The minimum absolute atomic E-state index is 0.0566. The summed E-state index contributed by atoms with van der Waals surface area (Å²) in [6.07, 6.45) is 49.1. The van der Waals surface area contributed by atoms with Gasteiger partial charge < -0.3 is 23.8 Å². The molecule has 0 fully saturated rings. The molecule has 8 nitrogen and oxygen atoms in total. The van der Waals surface area contributed by atoms with Gasteiger partial charge in [0, 0.05) is 19.3 Å². The number of aliphatic carboxylic acids is 1. The van der Waals surface area contributed by atoms with Crippen LogP contribution in [0, 0.1) is 0 Å². The molecule has 0 aliphatic carbocycles. The first kappa shape index (κ1) is 56.5. The number of likely N-dealkylation sites (N-methyl/N-ethyl adjacent to an activating group) is 1. The largest absolute Gasteiger partial charge is 0.477 e. The van der Waals surface area contributed by atoms with Gasteiger partial charge >= 0.3 is 17.9 Å². The van der Waals surface area contributed by atoms with Crippen LogP contribution in [0.1, 0.15) is 219 Å². The van der Waals surface area contributed by atoms with Crippen LogP contribution >= 0.6 is 0 Å². The van der Waals surface area contributed by atoms with E-state index in [4.69, 9.17) is 14.2 Å². The summed E-state index contributed by atoms with van der Waals surface area (Å²) in [4.78, 5) is 37.1. The second-order valence-corrected chi connectivity index (χ2v) is 17.7. The number of ether oxygens (including phenoxy) is 3. The van der Waals surface area contributed by atoms with E-state index >= 15 is 0 Å². The van der Waals surface area contributed by atoms with Crippen molar-refractivity contribution in [2.24, 2.45) is 0 Å². The fourth-order valence-corrected chi connectivity index (χ4v) is 7.28. The van der Waals surface area contributed by atoms with E-state index in [1.54, 1.807) is 0 Å². The fraction of sp³-hybridized carbons (Fsp3) is 0.824. The molecule has 0 heterocycles. The molecule has 0 radical (unpaired) electrons. The molecule has 1 N–H and O–H groups in total. The van der Waals surface area contributed by atoms with Gasteiger partial charge in [0.2, 0.25) is 0 Å². The van der Waals surface area contributed by atoms with E-state index in [-0.39, 0.29) is 36.2 Å². The van der Waals surface area contributed by atoms with Crippen LogP contribution in [-0.2, 0) is 28.6 Å². The van der Waals surface area contributed by atoms with Gasteiger partial charge in [-0.15, -0.1) is 0 Å². The average molecular weight is 833 g/mol. The Labute approximate surface area is 364 Å². The number of rotatable bonds is 44. The number of carbonyl (C=O) groups is 3. The van der Waals surface area contributed by atoms with Gasteiger partial charge in [0.05, 0.1) is 34.4 Å². The first-order chi connectivity index (χ1) is 28.6. The Hall–Kier alpha value is -2.45. The lowest BCUT2D eigenvalue weighted by atomic mass is 10.0. The Morgan fingerprint density at radius 3 is 1.41 bits per heavy atom. The Morgan fingerprint density at radius 2 is 0.949 bits per heavy atom. The maximum absolute atomic E-state index is 12.8. The number of esters is 2. The van der Waals surface area contributed by atoms with Gasteiger partial charge in [0.25, 0.3) is 0 Å². The predicted octanol–water partition coefficient (Wildman–Crippen LogP) is 13.8. The molecule has 2 atom stereocenters. The fourth-order valence-electron chi connectivity index (χ4n) is 7.28. The van der Waals surface area contributed by atoms with Crippen LogP contribution in [0.25, 0.3) is 0 Å². The summed E-state index contributed by atoms with van der Waals surface area (Å²) in [5.41, 5.74) is 0. The first-order valence-electron chi connectivity index (χ1n) is 24.5. The lowest BCUT2D eigenvalue weighted by Crippen LogP contribution is -2.50. The van der Waals surface area contributed by atoms with Gasteiger partial charge in [-0.05, 0) is 44.9 Å². The van der Waals surface area contributed by atoms with Crippen molar-refractivity contribution in [2.75, 3.05) is 41.0 Å². The number of nitrogens with zero attached hydrogens (tertiary/aromatic N) is 1. The molecule has 8 heteroatoms. The maximum Gasteiger partial charge on any atom is 0.362 e. The van der Waals surface area contributed by atoms with Crippen molar-refractivity contribution in [3.8, 4) is 0 Å². The summed E-state index contributed by atoms with van der Waals surface area (Å²) in [5, 5.41) is 9.64. The van der Waals surface area contributed by atoms with Crippen LogP contribution in [0.2, 0.25) is 0 Å². The molecule has 0 rings (SSSR count). The molecule has 0 aromatic carbocycles.